The fraction of sp³-hybridized carbons (Fsp3) is 0.182. The molecule has 0 aliphatic carbocycles. The average Bonchev–Trinajstić information content (AvgIpc) is 2.71. The Bertz CT molecular complexity index is 1080. The Morgan fingerprint density at radius 1 is 1.11 bits per heavy atom. The minimum absolute atomic E-state index is 0.127. The molecule has 6 heteroatoms. The quantitative estimate of drug-likeness (QED) is 0.733. The van der Waals surface area contributed by atoms with Gasteiger partial charge in [0.1, 0.15) is 12.4 Å². The Labute approximate surface area is 167 Å². The van der Waals surface area contributed by atoms with Gasteiger partial charge in [-0.05, 0) is 35.7 Å². The number of aromatic nitrogens is 1. The summed E-state index contributed by atoms with van der Waals surface area (Å²) in [5.74, 6) is 0.427. The van der Waals surface area contributed by atoms with Crippen LogP contribution in [0.15, 0.2) is 71.7 Å². The van der Waals surface area contributed by atoms with Crippen LogP contribution in [0.3, 0.4) is 0 Å². The molecule has 142 valence electrons. The normalized spacial score (nSPS) is 15.4. The predicted octanol–water partition coefficient (Wildman–Crippen LogP) is 3.74. The second-order valence-electron chi connectivity index (χ2n) is 6.78. The molecule has 1 N–H and O–H groups in total. The number of anilines is 1. The summed E-state index contributed by atoms with van der Waals surface area (Å²) in [5.41, 5.74) is 2.27. The monoisotopic (exact) mass is 394 g/mol. The molecule has 1 unspecified atom stereocenters. The van der Waals surface area contributed by atoms with E-state index in [1.807, 2.05) is 42.5 Å². The standard InChI is InChI=1S/C22H19ClN2O3/c23-19-7-3-1-6-16(19)12-25-13-18(9-10-21(25)26)24-22(27)17-11-15-5-2-4-8-20(15)28-14-17/h1-10,13,17H,11-12,14H2,(H,24,27). The van der Waals surface area contributed by atoms with Gasteiger partial charge in [-0.15, -0.1) is 0 Å². The van der Waals surface area contributed by atoms with Crippen molar-refractivity contribution in [3.8, 4) is 5.75 Å². The highest BCUT2D eigenvalue weighted by Gasteiger charge is 2.25. The molecule has 0 radical (unpaired) electrons. The first-order chi connectivity index (χ1) is 13.6. The third kappa shape index (κ3) is 3.94. The summed E-state index contributed by atoms with van der Waals surface area (Å²) < 4.78 is 7.23. The summed E-state index contributed by atoms with van der Waals surface area (Å²) in [5, 5.41) is 3.50. The van der Waals surface area contributed by atoms with Crippen molar-refractivity contribution in [2.24, 2.45) is 5.92 Å². The number of nitrogens with zero attached hydrogens (tertiary/aromatic N) is 1. The SMILES string of the molecule is O=C(Nc1ccc(=O)n(Cc2ccccc2Cl)c1)C1COc2ccccc2C1. The Hall–Kier alpha value is -3.05. The van der Waals surface area contributed by atoms with Crippen LogP contribution >= 0.6 is 11.6 Å². The van der Waals surface area contributed by atoms with E-state index in [9.17, 15) is 9.59 Å². The zero-order valence-corrected chi connectivity index (χ0v) is 15.9. The molecule has 28 heavy (non-hydrogen) atoms. The van der Waals surface area contributed by atoms with Gasteiger partial charge < -0.3 is 14.6 Å². The summed E-state index contributed by atoms with van der Waals surface area (Å²) in [7, 11) is 0. The second-order valence-corrected chi connectivity index (χ2v) is 7.19. The molecule has 1 atom stereocenters. The van der Waals surface area contributed by atoms with Crippen molar-refractivity contribution in [1.29, 1.82) is 0 Å². The maximum atomic E-state index is 12.7. The molecule has 2 heterocycles. The van der Waals surface area contributed by atoms with E-state index in [0.717, 1.165) is 16.9 Å². The Morgan fingerprint density at radius 2 is 1.89 bits per heavy atom. The molecular formula is C22H19ClN2O3. The Morgan fingerprint density at radius 3 is 2.75 bits per heavy atom. The van der Waals surface area contributed by atoms with Crippen LogP contribution < -0.4 is 15.6 Å². The summed E-state index contributed by atoms with van der Waals surface area (Å²) in [6, 6.07) is 18.2. The van der Waals surface area contributed by atoms with E-state index >= 15 is 0 Å². The van der Waals surface area contributed by atoms with Crippen LogP contribution in [0.1, 0.15) is 11.1 Å². The van der Waals surface area contributed by atoms with Gasteiger partial charge in [0.15, 0.2) is 0 Å². The average molecular weight is 395 g/mol. The van der Waals surface area contributed by atoms with Crippen molar-refractivity contribution in [1.82, 2.24) is 4.57 Å². The number of halogens is 1. The minimum Gasteiger partial charge on any atom is -0.492 e. The number of ether oxygens (including phenoxy) is 1. The number of benzene rings is 2. The van der Waals surface area contributed by atoms with Gasteiger partial charge in [-0.1, -0.05) is 48.0 Å². The Kier molecular flexibility index (Phi) is 5.17. The number of carbonyl (C=O) groups is 1. The molecule has 1 aliphatic heterocycles. The van der Waals surface area contributed by atoms with E-state index in [1.165, 1.54) is 10.6 Å². The molecule has 1 amide bonds. The van der Waals surface area contributed by atoms with E-state index in [0.29, 0.717) is 30.3 Å². The topological polar surface area (TPSA) is 60.3 Å². The summed E-state index contributed by atoms with van der Waals surface area (Å²) in [6.07, 6.45) is 2.27. The van der Waals surface area contributed by atoms with Crippen molar-refractivity contribution in [2.75, 3.05) is 11.9 Å². The molecule has 0 fully saturated rings. The van der Waals surface area contributed by atoms with Gasteiger partial charge in [0.2, 0.25) is 5.91 Å². The van der Waals surface area contributed by atoms with Gasteiger partial charge in [0, 0.05) is 17.3 Å². The highest BCUT2D eigenvalue weighted by molar-refractivity contribution is 6.31. The van der Waals surface area contributed by atoms with Gasteiger partial charge in [0.25, 0.3) is 5.56 Å². The molecule has 1 aromatic heterocycles. The summed E-state index contributed by atoms with van der Waals surface area (Å²) in [4.78, 5) is 24.9. The van der Waals surface area contributed by atoms with Gasteiger partial charge in [-0.2, -0.15) is 0 Å². The van der Waals surface area contributed by atoms with Crippen LogP contribution in [0, 0.1) is 5.92 Å². The van der Waals surface area contributed by atoms with Crippen LogP contribution in [0.4, 0.5) is 5.69 Å². The molecule has 2 aromatic carbocycles. The smallest absolute Gasteiger partial charge is 0.250 e. The van der Waals surface area contributed by atoms with Crippen LogP contribution in [0.5, 0.6) is 5.75 Å². The van der Waals surface area contributed by atoms with Crippen LogP contribution in [-0.4, -0.2) is 17.1 Å². The number of fused-ring (bicyclic) bond motifs is 1. The molecule has 4 rings (SSSR count). The number of hydrogen-bond donors (Lipinski definition) is 1. The number of carbonyl (C=O) groups excluding carboxylic acids is 1. The van der Waals surface area contributed by atoms with Crippen molar-refractivity contribution in [2.45, 2.75) is 13.0 Å². The number of nitrogens with one attached hydrogen (secondary N) is 1. The van der Waals surface area contributed by atoms with E-state index in [2.05, 4.69) is 5.32 Å². The lowest BCUT2D eigenvalue weighted by Crippen LogP contribution is -2.33. The van der Waals surface area contributed by atoms with Gasteiger partial charge in [-0.3, -0.25) is 9.59 Å². The van der Waals surface area contributed by atoms with Gasteiger partial charge in [-0.25, -0.2) is 0 Å². The van der Waals surface area contributed by atoms with Crippen LogP contribution in [0.2, 0.25) is 5.02 Å². The first-order valence-corrected chi connectivity index (χ1v) is 9.43. The van der Waals surface area contributed by atoms with Crippen LogP contribution in [0.25, 0.3) is 0 Å². The predicted molar refractivity (Wildman–Crippen MR) is 109 cm³/mol. The number of rotatable bonds is 4. The third-order valence-electron chi connectivity index (χ3n) is 4.80. The molecule has 5 nitrogen and oxygen atoms in total. The fourth-order valence-corrected chi connectivity index (χ4v) is 3.48. The molecule has 0 saturated heterocycles. The van der Waals surface area contributed by atoms with Gasteiger partial charge in [0.05, 0.1) is 18.2 Å². The van der Waals surface area contributed by atoms with Crippen molar-refractivity contribution in [3.05, 3.63) is 93.4 Å². The van der Waals surface area contributed by atoms with Gasteiger partial charge >= 0.3 is 0 Å². The molecule has 0 bridgehead atoms. The van der Waals surface area contributed by atoms with E-state index in [-0.39, 0.29) is 17.4 Å². The molecule has 0 saturated carbocycles. The zero-order chi connectivity index (χ0) is 19.5. The lowest BCUT2D eigenvalue weighted by molar-refractivity contribution is -0.121. The first kappa shape index (κ1) is 18.3. The molecule has 1 aliphatic rings. The highest BCUT2D eigenvalue weighted by atomic mass is 35.5. The summed E-state index contributed by atoms with van der Waals surface area (Å²) in [6.45, 7) is 0.671. The molecular weight excluding hydrogens is 376 g/mol. The van der Waals surface area contributed by atoms with Crippen molar-refractivity contribution in [3.63, 3.8) is 0 Å². The van der Waals surface area contributed by atoms with E-state index in [4.69, 9.17) is 16.3 Å². The second kappa shape index (κ2) is 7.90. The number of pyridine rings is 1. The third-order valence-corrected chi connectivity index (χ3v) is 5.17. The van der Waals surface area contributed by atoms with Crippen LogP contribution in [-0.2, 0) is 17.8 Å². The van der Waals surface area contributed by atoms with E-state index < -0.39 is 0 Å². The molecule has 3 aromatic rings. The largest absolute Gasteiger partial charge is 0.492 e. The number of para-hydroxylation sites is 1. The first-order valence-electron chi connectivity index (χ1n) is 9.05. The maximum Gasteiger partial charge on any atom is 0.250 e. The maximum absolute atomic E-state index is 12.7. The molecule has 0 spiro atoms. The lowest BCUT2D eigenvalue weighted by Gasteiger charge is -2.24. The van der Waals surface area contributed by atoms with Crippen molar-refractivity contribution < 1.29 is 9.53 Å². The fourth-order valence-electron chi connectivity index (χ4n) is 3.28. The Balaban J connectivity index is 1.49. The number of amides is 1. The van der Waals surface area contributed by atoms with E-state index in [1.54, 1.807) is 18.3 Å². The lowest BCUT2D eigenvalue weighted by atomic mass is 9.96. The van der Waals surface area contributed by atoms with Crippen molar-refractivity contribution >= 4 is 23.2 Å². The highest BCUT2D eigenvalue weighted by Crippen LogP contribution is 2.27. The minimum atomic E-state index is -0.279. The zero-order valence-electron chi connectivity index (χ0n) is 15.1. The summed E-state index contributed by atoms with van der Waals surface area (Å²) >= 11 is 6.19. The number of hydrogen-bond acceptors (Lipinski definition) is 3.